The summed E-state index contributed by atoms with van der Waals surface area (Å²) in [4.78, 5) is 0. The molecule has 0 amide bonds. The van der Waals surface area contributed by atoms with Crippen molar-refractivity contribution in [3.05, 3.63) is 0 Å². The third-order valence-electron chi connectivity index (χ3n) is 1.17. The second kappa shape index (κ2) is 16.5. The van der Waals surface area contributed by atoms with Crippen molar-refractivity contribution in [2.24, 2.45) is 0 Å². The predicted octanol–water partition coefficient (Wildman–Crippen LogP) is 2.21. The van der Waals surface area contributed by atoms with E-state index in [1.165, 1.54) is 6.42 Å². The van der Waals surface area contributed by atoms with Gasteiger partial charge in [0, 0.05) is 19.8 Å². The van der Waals surface area contributed by atoms with Gasteiger partial charge in [-0.3, -0.25) is 0 Å². The summed E-state index contributed by atoms with van der Waals surface area (Å²) in [5, 5.41) is 8.20. The second-order valence-electron chi connectivity index (χ2n) is 2.21. The van der Waals surface area contributed by atoms with Crippen LogP contribution in [0.3, 0.4) is 0 Å². The Hall–Kier alpha value is -0.0800. The monoisotopic (exact) mass is 162 g/mol. The lowest BCUT2D eigenvalue weighted by Crippen LogP contribution is -1.84. The Morgan fingerprint density at radius 2 is 1.55 bits per heavy atom. The van der Waals surface area contributed by atoms with Crippen LogP contribution in [0.1, 0.15) is 40.0 Å². The van der Waals surface area contributed by atoms with Crippen molar-refractivity contribution < 1.29 is 9.84 Å². The minimum absolute atomic E-state index is 0.355. The Morgan fingerprint density at radius 3 is 1.64 bits per heavy atom. The molecule has 0 spiro atoms. The van der Waals surface area contributed by atoms with Crippen molar-refractivity contribution >= 4 is 0 Å². The van der Waals surface area contributed by atoms with Gasteiger partial charge in [-0.15, -0.1) is 0 Å². The molecule has 0 aliphatic rings. The van der Waals surface area contributed by atoms with Crippen LogP contribution < -0.4 is 0 Å². The lowest BCUT2D eigenvalue weighted by atomic mass is 10.3. The van der Waals surface area contributed by atoms with Gasteiger partial charge in [0.15, 0.2) is 0 Å². The van der Waals surface area contributed by atoms with Gasteiger partial charge >= 0.3 is 0 Å². The van der Waals surface area contributed by atoms with Crippen LogP contribution in [-0.4, -0.2) is 24.9 Å². The van der Waals surface area contributed by atoms with Gasteiger partial charge in [-0.2, -0.15) is 0 Å². The van der Waals surface area contributed by atoms with Gasteiger partial charge in [0.25, 0.3) is 0 Å². The molecule has 11 heavy (non-hydrogen) atoms. The minimum atomic E-state index is 0.355. The smallest absolute Gasteiger partial charge is 0.0437 e. The van der Waals surface area contributed by atoms with Gasteiger partial charge in [0.05, 0.1) is 0 Å². The molecule has 0 aliphatic heterocycles. The normalized spacial score (nSPS) is 8.73. The molecule has 0 rings (SSSR count). The maximum atomic E-state index is 8.20. The summed E-state index contributed by atoms with van der Waals surface area (Å²) in [6.07, 6.45) is 3.33. The summed E-state index contributed by atoms with van der Waals surface area (Å²) in [6, 6.07) is 0. The molecule has 0 unspecified atom stereocenters. The molecule has 2 nitrogen and oxygen atoms in total. The highest BCUT2D eigenvalue weighted by molar-refractivity contribution is 4.30. The van der Waals surface area contributed by atoms with Gasteiger partial charge in [-0.05, 0) is 20.3 Å². The standard InChI is InChI=1S/C5H12O.C4H10O/c1-2-3-4-5-6;1-3-5-4-2/h6H,2-5H2,1H3;3-4H2,1-2H3. The third-order valence-corrected chi connectivity index (χ3v) is 1.17. The van der Waals surface area contributed by atoms with Crippen molar-refractivity contribution in [3.8, 4) is 0 Å². The summed E-state index contributed by atoms with van der Waals surface area (Å²) >= 11 is 0. The number of ether oxygens (including phenoxy) is 1. The topological polar surface area (TPSA) is 29.5 Å². The Morgan fingerprint density at radius 1 is 1.00 bits per heavy atom. The molecule has 70 valence electrons. The van der Waals surface area contributed by atoms with Crippen LogP contribution >= 0.6 is 0 Å². The highest BCUT2D eigenvalue weighted by Crippen LogP contribution is 1.89. The van der Waals surface area contributed by atoms with Crippen molar-refractivity contribution in [2.45, 2.75) is 40.0 Å². The second-order valence-corrected chi connectivity index (χ2v) is 2.21. The summed E-state index contributed by atoms with van der Waals surface area (Å²) in [7, 11) is 0. The number of aliphatic hydroxyl groups excluding tert-OH is 1. The maximum absolute atomic E-state index is 8.20. The van der Waals surface area contributed by atoms with E-state index in [2.05, 4.69) is 6.92 Å². The zero-order chi connectivity index (χ0) is 8.95. The molecule has 0 bridgehead atoms. The number of rotatable bonds is 5. The van der Waals surface area contributed by atoms with E-state index >= 15 is 0 Å². The van der Waals surface area contributed by atoms with Crippen LogP contribution in [0.5, 0.6) is 0 Å². The zero-order valence-electron chi connectivity index (χ0n) is 8.10. The average Bonchev–Trinajstić information content (AvgIpc) is 2.04. The maximum Gasteiger partial charge on any atom is 0.0437 e. The fraction of sp³-hybridized carbons (Fsp3) is 1.00. The first kappa shape index (κ1) is 13.5. The Labute approximate surface area is 70.6 Å². The van der Waals surface area contributed by atoms with Crippen LogP contribution in [-0.2, 0) is 4.74 Å². The highest BCUT2D eigenvalue weighted by atomic mass is 16.5. The Balaban J connectivity index is 0. The van der Waals surface area contributed by atoms with Gasteiger partial charge in [0.2, 0.25) is 0 Å². The summed E-state index contributed by atoms with van der Waals surface area (Å²) in [5.74, 6) is 0. The molecule has 0 atom stereocenters. The predicted molar refractivity (Wildman–Crippen MR) is 48.8 cm³/mol. The van der Waals surface area contributed by atoms with Gasteiger partial charge in [-0.25, -0.2) is 0 Å². The molecule has 0 aromatic carbocycles. The van der Waals surface area contributed by atoms with E-state index in [1.807, 2.05) is 13.8 Å². The Kier molecular flexibility index (Phi) is 20.2. The zero-order valence-corrected chi connectivity index (χ0v) is 8.10. The van der Waals surface area contributed by atoms with Crippen molar-refractivity contribution in [1.82, 2.24) is 0 Å². The lowest BCUT2D eigenvalue weighted by molar-refractivity contribution is 0.162. The van der Waals surface area contributed by atoms with E-state index in [4.69, 9.17) is 9.84 Å². The molecule has 0 aromatic rings. The molecule has 2 heteroatoms. The SMILES string of the molecule is CCCCCO.CCOCC. The molecule has 0 fully saturated rings. The molecule has 0 aromatic heterocycles. The molecule has 0 radical (unpaired) electrons. The summed E-state index contributed by atoms with van der Waals surface area (Å²) < 4.78 is 4.83. The van der Waals surface area contributed by atoms with Gasteiger partial charge in [-0.1, -0.05) is 19.8 Å². The number of hydrogen-bond donors (Lipinski definition) is 1. The van der Waals surface area contributed by atoms with E-state index in [0.717, 1.165) is 26.1 Å². The van der Waals surface area contributed by atoms with E-state index < -0.39 is 0 Å². The van der Waals surface area contributed by atoms with Crippen LogP contribution in [0.2, 0.25) is 0 Å². The summed E-state index contributed by atoms with van der Waals surface area (Å²) in [6.45, 7) is 8.14. The van der Waals surface area contributed by atoms with Crippen molar-refractivity contribution in [1.29, 1.82) is 0 Å². The Bertz CT molecular complexity index is 40.8. The highest BCUT2D eigenvalue weighted by Gasteiger charge is 1.76. The first-order valence-electron chi connectivity index (χ1n) is 4.51. The molecule has 0 heterocycles. The molecule has 0 saturated heterocycles. The molecule has 1 N–H and O–H groups in total. The van der Waals surface area contributed by atoms with Crippen molar-refractivity contribution in [3.63, 3.8) is 0 Å². The number of unbranched alkanes of at least 4 members (excludes halogenated alkanes) is 2. The quantitative estimate of drug-likeness (QED) is 0.628. The largest absolute Gasteiger partial charge is 0.396 e. The first-order chi connectivity index (χ1) is 5.33. The number of aliphatic hydroxyl groups is 1. The van der Waals surface area contributed by atoms with Crippen LogP contribution in [0.25, 0.3) is 0 Å². The average molecular weight is 162 g/mol. The molecular weight excluding hydrogens is 140 g/mol. The first-order valence-corrected chi connectivity index (χ1v) is 4.51. The molecular formula is C9H22O2. The fourth-order valence-corrected chi connectivity index (χ4v) is 0.566. The molecule has 0 aliphatic carbocycles. The van der Waals surface area contributed by atoms with Crippen LogP contribution in [0, 0.1) is 0 Å². The van der Waals surface area contributed by atoms with E-state index in [-0.39, 0.29) is 0 Å². The van der Waals surface area contributed by atoms with E-state index in [9.17, 15) is 0 Å². The fourth-order valence-electron chi connectivity index (χ4n) is 0.566. The van der Waals surface area contributed by atoms with Crippen LogP contribution in [0.4, 0.5) is 0 Å². The summed E-state index contributed by atoms with van der Waals surface area (Å²) in [5.41, 5.74) is 0. The number of hydrogen-bond acceptors (Lipinski definition) is 2. The van der Waals surface area contributed by atoms with Gasteiger partial charge in [0.1, 0.15) is 0 Å². The minimum Gasteiger partial charge on any atom is -0.396 e. The van der Waals surface area contributed by atoms with Crippen LogP contribution in [0.15, 0.2) is 0 Å². The van der Waals surface area contributed by atoms with E-state index in [0.29, 0.717) is 6.61 Å². The van der Waals surface area contributed by atoms with Gasteiger partial charge < -0.3 is 9.84 Å². The third kappa shape index (κ3) is 25.7. The van der Waals surface area contributed by atoms with Crippen molar-refractivity contribution in [2.75, 3.05) is 19.8 Å². The lowest BCUT2D eigenvalue weighted by Gasteiger charge is -1.86. The van der Waals surface area contributed by atoms with E-state index in [1.54, 1.807) is 0 Å². The molecule has 0 saturated carbocycles.